The van der Waals surface area contributed by atoms with Crippen molar-refractivity contribution in [2.75, 3.05) is 13.2 Å². The normalized spacial score (nSPS) is 10.9. The lowest BCUT2D eigenvalue weighted by Crippen LogP contribution is -2.15. The minimum atomic E-state index is 0.240. The van der Waals surface area contributed by atoms with Gasteiger partial charge in [-0.2, -0.15) is 0 Å². The number of unbranched alkanes of at least 4 members (excludes halogenated alkanes) is 4. The first-order chi connectivity index (χ1) is 14.1. The van der Waals surface area contributed by atoms with Crippen molar-refractivity contribution in [3.05, 3.63) is 56.5 Å². The highest BCUT2D eigenvalue weighted by Crippen LogP contribution is 2.35. The number of benzene rings is 2. The molecule has 0 atom stereocenters. The minimum absolute atomic E-state index is 0.240. The molecule has 1 N–H and O–H groups in total. The number of hydrogen-bond acceptors (Lipinski definition) is 3. The van der Waals surface area contributed by atoms with E-state index in [-0.39, 0.29) is 6.61 Å². The first kappa shape index (κ1) is 24.1. The van der Waals surface area contributed by atoms with Crippen molar-refractivity contribution in [3.8, 4) is 11.5 Å². The molecule has 0 bridgehead atoms. The lowest BCUT2D eigenvalue weighted by Gasteiger charge is -2.16. The van der Waals surface area contributed by atoms with E-state index in [1.54, 1.807) is 18.2 Å². The van der Waals surface area contributed by atoms with Crippen LogP contribution in [0.25, 0.3) is 0 Å². The summed E-state index contributed by atoms with van der Waals surface area (Å²) in [5.41, 5.74) is 1.73. The molecule has 0 aliphatic rings. The average molecular weight is 459 g/mol. The lowest BCUT2D eigenvalue weighted by atomic mass is 10.1. The summed E-state index contributed by atoms with van der Waals surface area (Å²) in [6.07, 6.45) is 6.31. The summed E-state index contributed by atoms with van der Waals surface area (Å²) in [6, 6.07) is 9.14. The van der Waals surface area contributed by atoms with Gasteiger partial charge in [0.2, 0.25) is 0 Å². The van der Waals surface area contributed by atoms with Crippen molar-refractivity contribution in [3.63, 3.8) is 0 Å². The Balaban J connectivity index is 1.99. The van der Waals surface area contributed by atoms with Gasteiger partial charge in [-0.15, -0.1) is 0 Å². The molecular weight excluding hydrogens is 429 g/mol. The Labute approximate surface area is 189 Å². The van der Waals surface area contributed by atoms with E-state index in [1.807, 2.05) is 19.1 Å². The highest BCUT2D eigenvalue weighted by Gasteiger charge is 2.13. The van der Waals surface area contributed by atoms with Crippen LogP contribution in [0.4, 0.5) is 0 Å². The largest absolute Gasteiger partial charge is 0.490 e. The number of rotatable bonds is 13. The first-order valence-electron chi connectivity index (χ1n) is 10.3. The maximum Gasteiger partial charge on any atom is 0.163 e. The van der Waals surface area contributed by atoms with Gasteiger partial charge in [0.15, 0.2) is 11.5 Å². The third kappa shape index (κ3) is 7.90. The molecule has 0 radical (unpaired) electrons. The zero-order valence-electron chi connectivity index (χ0n) is 17.2. The molecule has 2 aromatic rings. The molecule has 0 saturated carbocycles. The maximum absolute atomic E-state index is 6.50. The van der Waals surface area contributed by atoms with Gasteiger partial charge in [0, 0.05) is 33.2 Å². The van der Waals surface area contributed by atoms with Gasteiger partial charge in [0.05, 0.1) is 6.61 Å². The topological polar surface area (TPSA) is 30.5 Å². The Kier molecular flexibility index (Phi) is 11.0. The van der Waals surface area contributed by atoms with Crippen molar-refractivity contribution >= 4 is 34.8 Å². The maximum atomic E-state index is 6.50. The van der Waals surface area contributed by atoms with E-state index in [4.69, 9.17) is 44.3 Å². The Morgan fingerprint density at radius 3 is 2.21 bits per heavy atom. The van der Waals surface area contributed by atoms with Crippen LogP contribution in [0.3, 0.4) is 0 Å². The van der Waals surface area contributed by atoms with Crippen LogP contribution in [0.5, 0.6) is 11.5 Å². The molecule has 3 nitrogen and oxygen atoms in total. The first-order valence-corrected chi connectivity index (χ1v) is 11.4. The molecule has 0 fully saturated rings. The molecular formula is C23H30Cl3NO2. The molecule has 2 aromatic carbocycles. The van der Waals surface area contributed by atoms with Crippen LogP contribution in [0.1, 0.15) is 57.1 Å². The van der Waals surface area contributed by atoms with Gasteiger partial charge in [-0.1, -0.05) is 73.5 Å². The predicted molar refractivity (Wildman–Crippen MR) is 124 cm³/mol. The lowest BCUT2D eigenvalue weighted by molar-refractivity contribution is 0.269. The summed E-state index contributed by atoms with van der Waals surface area (Å²) in [7, 11) is 0. The Bertz CT molecular complexity index is 748. The van der Waals surface area contributed by atoms with Crippen LogP contribution in [-0.4, -0.2) is 13.2 Å². The van der Waals surface area contributed by atoms with Crippen LogP contribution in [0, 0.1) is 0 Å². The Morgan fingerprint density at radius 2 is 1.52 bits per heavy atom. The summed E-state index contributed by atoms with van der Waals surface area (Å²) < 4.78 is 11.7. The average Bonchev–Trinajstić information content (AvgIpc) is 2.69. The third-order valence-electron chi connectivity index (χ3n) is 4.62. The summed E-state index contributed by atoms with van der Waals surface area (Å²) >= 11 is 19.0. The van der Waals surface area contributed by atoms with Crippen molar-refractivity contribution in [2.45, 2.75) is 59.1 Å². The molecule has 0 heterocycles. The summed E-state index contributed by atoms with van der Waals surface area (Å²) in [6.45, 7) is 6.63. The van der Waals surface area contributed by atoms with Crippen LogP contribution in [0.15, 0.2) is 30.3 Å². The van der Waals surface area contributed by atoms with Gasteiger partial charge in [-0.25, -0.2) is 0 Å². The highest BCUT2D eigenvalue weighted by atomic mass is 35.5. The number of hydrogen-bond donors (Lipinski definition) is 1. The van der Waals surface area contributed by atoms with Gasteiger partial charge in [0.25, 0.3) is 0 Å². The fourth-order valence-electron chi connectivity index (χ4n) is 2.99. The van der Waals surface area contributed by atoms with Gasteiger partial charge in [-0.3, -0.25) is 0 Å². The van der Waals surface area contributed by atoms with E-state index in [0.717, 1.165) is 17.7 Å². The Hall–Kier alpha value is -1.13. The summed E-state index contributed by atoms with van der Waals surface area (Å²) in [5, 5.41) is 5.25. The van der Waals surface area contributed by atoms with E-state index >= 15 is 0 Å². The molecule has 2 rings (SSSR count). The van der Waals surface area contributed by atoms with Gasteiger partial charge in [-0.05, 0) is 43.7 Å². The molecule has 0 amide bonds. The molecule has 0 saturated heterocycles. The standard InChI is InChI=1S/C23H30Cl3NO2/c1-3-5-6-7-8-12-27-15-17-13-22(28-4-2)23(14-21(17)26)29-16-18-19(24)10-9-11-20(18)25/h9-11,13-14,27H,3-8,12,15-16H2,1-2H3. The number of ether oxygens (including phenoxy) is 2. The van der Waals surface area contributed by atoms with Crippen molar-refractivity contribution in [1.29, 1.82) is 0 Å². The van der Waals surface area contributed by atoms with E-state index in [1.165, 1.54) is 32.1 Å². The smallest absolute Gasteiger partial charge is 0.163 e. The van der Waals surface area contributed by atoms with E-state index in [2.05, 4.69) is 12.2 Å². The van der Waals surface area contributed by atoms with Crippen LogP contribution in [0.2, 0.25) is 15.1 Å². The van der Waals surface area contributed by atoms with Crippen molar-refractivity contribution in [1.82, 2.24) is 5.32 Å². The molecule has 0 spiro atoms. The minimum Gasteiger partial charge on any atom is -0.490 e. The van der Waals surface area contributed by atoms with Crippen LogP contribution in [-0.2, 0) is 13.2 Å². The molecule has 0 aliphatic heterocycles. The second-order valence-corrected chi connectivity index (χ2v) is 8.12. The van der Waals surface area contributed by atoms with Gasteiger partial charge in [0.1, 0.15) is 6.61 Å². The van der Waals surface area contributed by atoms with Crippen LogP contribution < -0.4 is 14.8 Å². The second kappa shape index (κ2) is 13.2. The van der Waals surface area contributed by atoms with Gasteiger partial charge >= 0.3 is 0 Å². The zero-order chi connectivity index (χ0) is 21.1. The quantitative estimate of drug-likeness (QED) is 0.312. The van der Waals surface area contributed by atoms with Crippen LogP contribution >= 0.6 is 34.8 Å². The van der Waals surface area contributed by atoms with Crippen molar-refractivity contribution < 1.29 is 9.47 Å². The zero-order valence-corrected chi connectivity index (χ0v) is 19.5. The summed E-state index contributed by atoms with van der Waals surface area (Å²) in [5.74, 6) is 1.25. The molecule has 0 unspecified atom stereocenters. The number of nitrogens with one attached hydrogen (secondary N) is 1. The monoisotopic (exact) mass is 457 g/mol. The molecule has 0 aliphatic carbocycles. The molecule has 0 aromatic heterocycles. The number of halogens is 3. The molecule has 160 valence electrons. The molecule has 6 heteroatoms. The van der Waals surface area contributed by atoms with E-state index in [0.29, 0.717) is 39.7 Å². The highest BCUT2D eigenvalue weighted by molar-refractivity contribution is 6.36. The summed E-state index contributed by atoms with van der Waals surface area (Å²) in [4.78, 5) is 0. The Morgan fingerprint density at radius 1 is 0.828 bits per heavy atom. The predicted octanol–water partition coefficient (Wildman–Crippen LogP) is 7.68. The second-order valence-electron chi connectivity index (χ2n) is 6.90. The van der Waals surface area contributed by atoms with Crippen molar-refractivity contribution in [2.24, 2.45) is 0 Å². The third-order valence-corrected chi connectivity index (χ3v) is 5.68. The fraction of sp³-hybridized carbons (Fsp3) is 0.478. The fourth-order valence-corrected chi connectivity index (χ4v) is 3.72. The van der Waals surface area contributed by atoms with E-state index in [9.17, 15) is 0 Å². The van der Waals surface area contributed by atoms with Gasteiger partial charge < -0.3 is 14.8 Å². The van der Waals surface area contributed by atoms with E-state index < -0.39 is 0 Å². The SMILES string of the molecule is CCCCCCCNCc1cc(OCC)c(OCc2c(Cl)cccc2Cl)cc1Cl. The molecule has 29 heavy (non-hydrogen) atoms.